The third-order valence-corrected chi connectivity index (χ3v) is 4.77. The van der Waals surface area contributed by atoms with Crippen LogP contribution in [-0.4, -0.2) is 33.6 Å². The summed E-state index contributed by atoms with van der Waals surface area (Å²) in [7, 11) is 1.22. The molecule has 7 heteroatoms. The zero-order valence-electron chi connectivity index (χ0n) is 12.8. The van der Waals surface area contributed by atoms with Crippen molar-refractivity contribution < 1.29 is 22.7 Å². The fraction of sp³-hybridized carbons (Fsp3) is 0.176. The summed E-state index contributed by atoms with van der Waals surface area (Å²) < 4.78 is 23.4. The molecule has 0 radical (unpaired) electrons. The molecule has 3 atom stereocenters. The summed E-state index contributed by atoms with van der Waals surface area (Å²) in [6, 6.07) is 16.5. The highest BCUT2D eigenvalue weighted by Crippen LogP contribution is 2.36. The van der Waals surface area contributed by atoms with Gasteiger partial charge in [-0.05, 0) is 17.7 Å². The Bertz CT molecular complexity index is 765. The molecule has 0 unspecified atom stereocenters. The van der Waals surface area contributed by atoms with Crippen molar-refractivity contribution in [2.24, 2.45) is 0 Å². The van der Waals surface area contributed by atoms with Gasteiger partial charge in [0.05, 0.1) is 7.11 Å². The number of amides is 1. The first kappa shape index (κ1) is 16.4. The van der Waals surface area contributed by atoms with Gasteiger partial charge in [-0.2, -0.15) is 0 Å². The Morgan fingerprint density at radius 2 is 1.62 bits per heavy atom. The Kier molecular flexibility index (Phi) is 4.73. The predicted octanol–water partition coefficient (Wildman–Crippen LogP) is 2.02. The van der Waals surface area contributed by atoms with Gasteiger partial charge in [-0.15, -0.1) is 0 Å². The van der Waals surface area contributed by atoms with Crippen LogP contribution in [0.5, 0.6) is 0 Å². The van der Waals surface area contributed by atoms with Gasteiger partial charge in [0.1, 0.15) is 6.04 Å². The molecule has 2 aromatic carbocycles. The van der Waals surface area contributed by atoms with E-state index in [4.69, 9.17) is 8.92 Å². The topological polar surface area (TPSA) is 72.9 Å². The van der Waals surface area contributed by atoms with E-state index in [0.717, 1.165) is 4.31 Å². The minimum Gasteiger partial charge on any atom is -0.467 e. The van der Waals surface area contributed by atoms with Crippen molar-refractivity contribution in [2.45, 2.75) is 12.1 Å². The van der Waals surface area contributed by atoms with E-state index in [1.165, 1.54) is 7.11 Å². The molecule has 1 heterocycles. The lowest BCUT2D eigenvalue weighted by molar-refractivity contribution is -0.149. The fourth-order valence-corrected chi connectivity index (χ4v) is 3.66. The quantitative estimate of drug-likeness (QED) is 0.796. The van der Waals surface area contributed by atoms with Crippen LogP contribution in [0.2, 0.25) is 0 Å². The van der Waals surface area contributed by atoms with Gasteiger partial charge in [-0.3, -0.25) is 8.98 Å². The lowest BCUT2D eigenvalue weighted by Crippen LogP contribution is -2.36. The summed E-state index contributed by atoms with van der Waals surface area (Å²) in [6.07, 6.45) is -1.15. The SMILES string of the molecule is COC(=O)[C@@H]1O[S@@](=O)N(C(=O)c2ccccc2)[C@H]1c1ccccc1. The van der Waals surface area contributed by atoms with Crippen LogP contribution in [0, 0.1) is 0 Å². The number of rotatable bonds is 3. The maximum atomic E-state index is 12.8. The molecule has 0 saturated carbocycles. The second-order valence-electron chi connectivity index (χ2n) is 5.11. The first-order valence-corrected chi connectivity index (χ1v) is 8.27. The Morgan fingerprint density at radius 3 is 2.21 bits per heavy atom. The molecule has 2 aromatic rings. The molecule has 0 aromatic heterocycles. The minimum atomic E-state index is -2.09. The summed E-state index contributed by atoms with van der Waals surface area (Å²) in [5.41, 5.74) is 1.00. The predicted molar refractivity (Wildman–Crippen MR) is 86.8 cm³/mol. The molecule has 3 rings (SSSR count). The van der Waals surface area contributed by atoms with Gasteiger partial charge in [0.2, 0.25) is 0 Å². The number of hydrogen-bond donors (Lipinski definition) is 0. The highest BCUT2D eigenvalue weighted by Gasteiger charge is 2.49. The number of hydrogen-bond acceptors (Lipinski definition) is 5. The summed E-state index contributed by atoms with van der Waals surface area (Å²) in [6.45, 7) is 0. The Morgan fingerprint density at radius 1 is 1.04 bits per heavy atom. The van der Waals surface area contributed by atoms with E-state index in [2.05, 4.69) is 0 Å². The third kappa shape index (κ3) is 2.95. The van der Waals surface area contributed by atoms with Gasteiger partial charge in [0.15, 0.2) is 6.10 Å². The Balaban J connectivity index is 2.04. The average molecular weight is 345 g/mol. The zero-order chi connectivity index (χ0) is 17.1. The molecule has 124 valence electrons. The molecule has 0 N–H and O–H groups in total. The Labute approximate surface area is 141 Å². The van der Waals surface area contributed by atoms with Crippen LogP contribution in [0.4, 0.5) is 0 Å². The minimum absolute atomic E-state index is 0.362. The first-order chi connectivity index (χ1) is 11.6. The number of ether oxygens (including phenoxy) is 1. The summed E-state index contributed by atoms with van der Waals surface area (Å²) in [5, 5.41) is 0. The Hall–Kier alpha value is -2.51. The fourth-order valence-electron chi connectivity index (χ4n) is 2.55. The van der Waals surface area contributed by atoms with Crippen molar-refractivity contribution in [1.82, 2.24) is 4.31 Å². The number of esters is 1. The van der Waals surface area contributed by atoms with Gasteiger partial charge in [0, 0.05) is 5.56 Å². The van der Waals surface area contributed by atoms with E-state index in [9.17, 15) is 13.8 Å². The van der Waals surface area contributed by atoms with Crippen LogP contribution in [0.25, 0.3) is 0 Å². The van der Waals surface area contributed by atoms with Crippen molar-refractivity contribution in [2.75, 3.05) is 7.11 Å². The van der Waals surface area contributed by atoms with Gasteiger partial charge in [-0.1, -0.05) is 48.5 Å². The number of nitrogens with zero attached hydrogens (tertiary/aromatic N) is 1. The normalized spacial score (nSPS) is 23.0. The van der Waals surface area contributed by atoms with E-state index < -0.39 is 35.3 Å². The molecule has 0 bridgehead atoms. The molecule has 1 aliphatic heterocycles. The van der Waals surface area contributed by atoms with Crippen LogP contribution in [0.1, 0.15) is 22.0 Å². The highest BCUT2D eigenvalue weighted by atomic mass is 32.2. The molecule has 1 saturated heterocycles. The maximum Gasteiger partial charge on any atom is 0.339 e. The monoisotopic (exact) mass is 345 g/mol. The molecule has 6 nitrogen and oxygen atoms in total. The van der Waals surface area contributed by atoms with Crippen molar-refractivity contribution in [3.63, 3.8) is 0 Å². The maximum absolute atomic E-state index is 12.8. The van der Waals surface area contributed by atoms with Gasteiger partial charge < -0.3 is 4.74 Å². The van der Waals surface area contributed by atoms with Crippen molar-refractivity contribution in [3.8, 4) is 0 Å². The number of carbonyl (C=O) groups excluding carboxylic acids is 2. The van der Waals surface area contributed by atoms with E-state index in [1.54, 1.807) is 54.6 Å². The third-order valence-electron chi connectivity index (χ3n) is 3.68. The van der Waals surface area contributed by atoms with Gasteiger partial charge >= 0.3 is 5.97 Å². The van der Waals surface area contributed by atoms with Crippen LogP contribution in [0.15, 0.2) is 60.7 Å². The second-order valence-corrected chi connectivity index (χ2v) is 6.13. The molecular formula is C17H15NO5S. The lowest BCUT2D eigenvalue weighted by Gasteiger charge is -2.23. The molecular weight excluding hydrogens is 330 g/mol. The van der Waals surface area contributed by atoms with E-state index in [1.807, 2.05) is 6.07 Å². The smallest absolute Gasteiger partial charge is 0.339 e. The molecule has 0 aliphatic carbocycles. The van der Waals surface area contributed by atoms with Crippen LogP contribution < -0.4 is 0 Å². The summed E-state index contributed by atoms with van der Waals surface area (Å²) in [5.74, 6) is -1.16. The summed E-state index contributed by atoms with van der Waals surface area (Å²) >= 11 is -2.09. The van der Waals surface area contributed by atoms with Gasteiger partial charge in [0.25, 0.3) is 17.2 Å². The van der Waals surface area contributed by atoms with Crippen LogP contribution >= 0.6 is 0 Å². The van der Waals surface area contributed by atoms with Crippen molar-refractivity contribution in [1.29, 1.82) is 0 Å². The van der Waals surface area contributed by atoms with Crippen molar-refractivity contribution >= 4 is 23.1 Å². The van der Waals surface area contributed by atoms with Crippen LogP contribution in [-0.2, 0) is 25.0 Å². The van der Waals surface area contributed by atoms with Gasteiger partial charge in [-0.25, -0.2) is 13.3 Å². The second kappa shape index (κ2) is 6.94. The highest BCUT2D eigenvalue weighted by molar-refractivity contribution is 7.78. The molecule has 1 amide bonds. The zero-order valence-corrected chi connectivity index (χ0v) is 13.6. The number of benzene rings is 2. The number of carbonyl (C=O) groups is 2. The lowest BCUT2D eigenvalue weighted by atomic mass is 10.0. The molecule has 0 spiro atoms. The summed E-state index contributed by atoms with van der Waals surface area (Å²) in [4.78, 5) is 24.8. The van der Waals surface area contributed by atoms with Crippen molar-refractivity contribution in [3.05, 3.63) is 71.8 Å². The van der Waals surface area contributed by atoms with E-state index in [0.29, 0.717) is 11.1 Å². The molecule has 1 aliphatic rings. The molecule has 24 heavy (non-hydrogen) atoms. The largest absolute Gasteiger partial charge is 0.467 e. The van der Waals surface area contributed by atoms with E-state index >= 15 is 0 Å². The van der Waals surface area contributed by atoms with E-state index in [-0.39, 0.29) is 0 Å². The first-order valence-electron chi connectivity index (χ1n) is 7.24. The standard InChI is InChI=1S/C17H15NO5S/c1-22-17(20)15-14(12-8-4-2-5-9-12)18(24(21)23-15)16(19)13-10-6-3-7-11-13/h2-11,14-15H,1H3/t14-,15+,24+/m0/s1. The number of methoxy groups -OCH3 is 1. The molecule has 1 fully saturated rings. The average Bonchev–Trinajstić information content (AvgIpc) is 2.99. The van der Waals surface area contributed by atoms with Crippen LogP contribution in [0.3, 0.4) is 0 Å².